The van der Waals surface area contributed by atoms with Crippen LogP contribution in [0.15, 0.2) is 24.3 Å². The van der Waals surface area contributed by atoms with Crippen molar-refractivity contribution < 1.29 is 9.59 Å². The van der Waals surface area contributed by atoms with E-state index in [1.165, 1.54) is 17.5 Å². The van der Waals surface area contributed by atoms with Gasteiger partial charge < -0.3 is 0 Å². The minimum Gasteiger partial charge on any atom is -0.291 e. The molecule has 2 aliphatic rings. The van der Waals surface area contributed by atoms with E-state index in [4.69, 9.17) is 0 Å². The summed E-state index contributed by atoms with van der Waals surface area (Å²) in [6, 6.07) is 8.31. The molecular formula is C19H24O2. The third-order valence-corrected chi connectivity index (χ3v) is 5.27. The van der Waals surface area contributed by atoms with E-state index in [9.17, 15) is 9.59 Å². The monoisotopic (exact) mass is 284 g/mol. The van der Waals surface area contributed by atoms with Crippen LogP contribution >= 0.6 is 0 Å². The minimum atomic E-state index is -0.0939. The predicted octanol–water partition coefficient (Wildman–Crippen LogP) is 3.76. The Bertz CT molecular complexity index is 546. The highest BCUT2D eigenvalue weighted by Crippen LogP contribution is 2.32. The second kappa shape index (κ2) is 6.13. The van der Waals surface area contributed by atoms with Crippen LogP contribution in [0.2, 0.25) is 0 Å². The number of fused-ring (bicyclic) bond motifs is 1. The lowest BCUT2D eigenvalue weighted by atomic mass is 9.75. The Balaban J connectivity index is 1.67. The smallest absolute Gasteiger partial charge is 0.202 e. The molecule has 112 valence electrons. The van der Waals surface area contributed by atoms with Gasteiger partial charge in [-0.25, -0.2) is 0 Å². The van der Waals surface area contributed by atoms with Crippen molar-refractivity contribution in [2.75, 3.05) is 0 Å². The van der Waals surface area contributed by atoms with E-state index in [1.807, 2.05) is 6.07 Å². The van der Waals surface area contributed by atoms with Gasteiger partial charge in [0.2, 0.25) is 11.6 Å². The Morgan fingerprint density at radius 1 is 0.952 bits per heavy atom. The first kappa shape index (κ1) is 14.5. The second-order valence-electron chi connectivity index (χ2n) is 6.91. The van der Waals surface area contributed by atoms with Crippen molar-refractivity contribution >= 4 is 11.6 Å². The van der Waals surface area contributed by atoms with Crippen molar-refractivity contribution in [3.05, 3.63) is 35.4 Å². The van der Waals surface area contributed by atoms with Crippen molar-refractivity contribution in [3.63, 3.8) is 0 Å². The zero-order valence-electron chi connectivity index (χ0n) is 12.8. The summed E-state index contributed by atoms with van der Waals surface area (Å²) in [4.78, 5) is 25.1. The number of hydrogen-bond acceptors (Lipinski definition) is 2. The molecule has 21 heavy (non-hydrogen) atoms. The molecule has 0 saturated heterocycles. The van der Waals surface area contributed by atoms with E-state index in [0.717, 1.165) is 38.5 Å². The fourth-order valence-corrected chi connectivity index (χ4v) is 4.00. The summed E-state index contributed by atoms with van der Waals surface area (Å²) >= 11 is 0. The van der Waals surface area contributed by atoms with Crippen LogP contribution in [0.25, 0.3) is 0 Å². The first-order valence-electron chi connectivity index (χ1n) is 8.30. The molecule has 3 rings (SSSR count). The molecule has 0 aliphatic heterocycles. The lowest BCUT2D eigenvalue weighted by molar-refractivity contribution is -0.142. The van der Waals surface area contributed by atoms with Crippen LogP contribution in [0.3, 0.4) is 0 Å². The molecule has 2 nitrogen and oxygen atoms in total. The largest absolute Gasteiger partial charge is 0.291 e. The van der Waals surface area contributed by atoms with Crippen LogP contribution in [0.5, 0.6) is 0 Å². The maximum absolute atomic E-state index is 12.6. The van der Waals surface area contributed by atoms with Gasteiger partial charge in [-0.3, -0.25) is 9.59 Å². The van der Waals surface area contributed by atoms with E-state index in [-0.39, 0.29) is 23.4 Å². The molecule has 3 atom stereocenters. The van der Waals surface area contributed by atoms with Crippen LogP contribution in [0.1, 0.15) is 50.2 Å². The van der Waals surface area contributed by atoms with E-state index >= 15 is 0 Å². The molecule has 0 amide bonds. The number of Topliss-reactive ketones (excluding diaryl/α,β-unsaturated/α-hetero) is 2. The van der Waals surface area contributed by atoms with Crippen molar-refractivity contribution in [1.82, 2.24) is 0 Å². The van der Waals surface area contributed by atoms with Crippen molar-refractivity contribution in [2.45, 2.75) is 51.9 Å². The standard InChI is InChI=1S/C19H24O2/c1-13-5-4-8-16(11-13)18(20)19(21)17-10-9-14-6-2-3-7-15(14)12-17/h2-3,6-7,13,16-17H,4-5,8-12H2,1H3. The Kier molecular flexibility index (Phi) is 4.23. The molecule has 0 spiro atoms. The molecule has 1 fully saturated rings. The molecule has 1 aromatic rings. The van der Waals surface area contributed by atoms with Crippen molar-refractivity contribution in [3.8, 4) is 0 Å². The fourth-order valence-electron chi connectivity index (χ4n) is 4.00. The maximum atomic E-state index is 12.6. The summed E-state index contributed by atoms with van der Waals surface area (Å²) in [7, 11) is 0. The quantitative estimate of drug-likeness (QED) is 0.792. The predicted molar refractivity (Wildman–Crippen MR) is 83.1 cm³/mol. The summed E-state index contributed by atoms with van der Waals surface area (Å²) in [5.41, 5.74) is 2.60. The van der Waals surface area contributed by atoms with Gasteiger partial charge in [0, 0.05) is 11.8 Å². The lowest BCUT2D eigenvalue weighted by Gasteiger charge is -2.28. The zero-order valence-corrected chi connectivity index (χ0v) is 12.8. The van der Waals surface area contributed by atoms with Gasteiger partial charge in [-0.15, -0.1) is 0 Å². The van der Waals surface area contributed by atoms with Crippen LogP contribution in [-0.2, 0) is 22.4 Å². The van der Waals surface area contributed by atoms with E-state index in [2.05, 4.69) is 25.1 Å². The minimum absolute atomic E-state index is 0.00146. The second-order valence-corrected chi connectivity index (χ2v) is 6.91. The average molecular weight is 284 g/mol. The molecule has 0 aromatic heterocycles. The molecule has 1 aromatic carbocycles. The fraction of sp³-hybridized carbons (Fsp3) is 0.579. The first-order valence-corrected chi connectivity index (χ1v) is 8.30. The summed E-state index contributed by atoms with van der Waals surface area (Å²) in [6.07, 6.45) is 6.65. The van der Waals surface area contributed by atoms with Gasteiger partial charge in [0.05, 0.1) is 0 Å². The summed E-state index contributed by atoms with van der Waals surface area (Å²) in [5.74, 6) is 0.338. The molecule has 2 aliphatic carbocycles. The Labute approximate surface area is 126 Å². The maximum Gasteiger partial charge on any atom is 0.202 e. The van der Waals surface area contributed by atoms with Crippen molar-refractivity contribution in [2.24, 2.45) is 17.8 Å². The molecule has 0 N–H and O–H groups in total. The van der Waals surface area contributed by atoms with Crippen LogP contribution in [0, 0.1) is 17.8 Å². The Morgan fingerprint density at radius 3 is 2.43 bits per heavy atom. The lowest BCUT2D eigenvalue weighted by Crippen LogP contribution is -2.34. The number of carbonyl (C=O) groups is 2. The van der Waals surface area contributed by atoms with Gasteiger partial charge in [0.1, 0.15) is 0 Å². The van der Waals surface area contributed by atoms with Gasteiger partial charge >= 0.3 is 0 Å². The van der Waals surface area contributed by atoms with Gasteiger partial charge in [-0.1, -0.05) is 44.0 Å². The Morgan fingerprint density at radius 2 is 1.67 bits per heavy atom. The zero-order chi connectivity index (χ0) is 14.8. The average Bonchev–Trinajstić information content (AvgIpc) is 2.53. The number of ketones is 2. The number of aryl methyl sites for hydroxylation is 1. The van der Waals surface area contributed by atoms with E-state index in [1.54, 1.807) is 0 Å². The van der Waals surface area contributed by atoms with E-state index < -0.39 is 0 Å². The topological polar surface area (TPSA) is 34.1 Å². The highest BCUT2D eigenvalue weighted by Gasteiger charge is 2.34. The Hall–Kier alpha value is -1.44. The van der Waals surface area contributed by atoms with Crippen LogP contribution in [-0.4, -0.2) is 11.6 Å². The molecule has 0 radical (unpaired) electrons. The normalized spacial score (nSPS) is 28.7. The molecular weight excluding hydrogens is 260 g/mol. The SMILES string of the molecule is CC1CCCC(C(=O)C(=O)C2CCc3ccccc3C2)C1. The highest BCUT2D eigenvalue weighted by atomic mass is 16.2. The third kappa shape index (κ3) is 3.09. The number of rotatable bonds is 3. The van der Waals surface area contributed by atoms with Gasteiger partial charge in [0.25, 0.3) is 0 Å². The summed E-state index contributed by atoms with van der Waals surface area (Å²) in [6.45, 7) is 2.20. The summed E-state index contributed by atoms with van der Waals surface area (Å²) in [5, 5.41) is 0. The molecule has 0 heterocycles. The number of benzene rings is 1. The van der Waals surface area contributed by atoms with Gasteiger partial charge in [-0.05, 0) is 49.1 Å². The van der Waals surface area contributed by atoms with Crippen LogP contribution in [0.4, 0.5) is 0 Å². The van der Waals surface area contributed by atoms with E-state index in [0.29, 0.717) is 5.92 Å². The number of carbonyl (C=O) groups excluding carboxylic acids is 2. The number of hydrogen-bond donors (Lipinski definition) is 0. The molecule has 1 saturated carbocycles. The van der Waals surface area contributed by atoms with Gasteiger partial charge in [0.15, 0.2) is 0 Å². The highest BCUT2D eigenvalue weighted by molar-refractivity contribution is 6.38. The van der Waals surface area contributed by atoms with Crippen molar-refractivity contribution in [1.29, 1.82) is 0 Å². The molecule has 2 heteroatoms. The molecule has 0 bridgehead atoms. The first-order chi connectivity index (χ1) is 10.1. The third-order valence-electron chi connectivity index (χ3n) is 5.27. The molecule has 3 unspecified atom stereocenters. The van der Waals surface area contributed by atoms with Crippen LogP contribution < -0.4 is 0 Å². The summed E-state index contributed by atoms with van der Waals surface area (Å²) < 4.78 is 0. The van der Waals surface area contributed by atoms with Gasteiger partial charge in [-0.2, -0.15) is 0 Å².